The maximum absolute atomic E-state index is 12.8. The lowest BCUT2D eigenvalue weighted by Gasteiger charge is -2.40. The van der Waals surface area contributed by atoms with Crippen molar-refractivity contribution in [2.24, 2.45) is 0 Å². The summed E-state index contributed by atoms with van der Waals surface area (Å²) in [5, 5.41) is 30.9. The standard InChI is InChI=1S/C50H84O12S/c1-3-5-7-9-11-13-15-17-18-19-20-21-22-23-24-25-27-28-30-32-34-36-38-45(51)59-40-43(41-60-50-49(55)48(54)47(53)44(62-50)42-63(56,57)58)61-46(52)39-37-35-33-31-29-26-16-14-12-10-8-6-4-2/h6,8,10-14,16-18,20-21,43-44,47-50,53-55H,3-5,7,9,15,19,22-42H2,1-2H3,(H,56,57,58)/b8-6+,12-10+,13-11+,16-14+,18-17+,21-20+/t43?,44-,47-,48?,49?,50+/m1/s1. The average molecular weight is 909 g/mol. The second kappa shape index (κ2) is 39.5. The molecule has 1 rings (SSSR count). The van der Waals surface area contributed by atoms with Gasteiger partial charge in [-0.15, -0.1) is 0 Å². The molecule has 1 aliphatic rings. The van der Waals surface area contributed by atoms with Gasteiger partial charge in [-0.1, -0.05) is 164 Å². The molecule has 1 aliphatic heterocycles. The zero-order chi connectivity index (χ0) is 46.2. The molecule has 3 unspecified atom stereocenters. The van der Waals surface area contributed by atoms with Gasteiger partial charge in [0.05, 0.1) is 6.61 Å². The highest BCUT2D eigenvalue weighted by Crippen LogP contribution is 2.24. The Labute approximate surface area is 380 Å². The third-order valence-corrected chi connectivity index (χ3v) is 11.3. The van der Waals surface area contributed by atoms with Crippen molar-refractivity contribution in [1.29, 1.82) is 0 Å². The Bertz CT molecular complexity index is 1440. The van der Waals surface area contributed by atoms with E-state index in [9.17, 15) is 37.9 Å². The Balaban J connectivity index is 2.39. The minimum Gasteiger partial charge on any atom is -0.462 e. The van der Waals surface area contributed by atoms with Crippen molar-refractivity contribution in [3.8, 4) is 0 Å². The number of carbonyl (C=O) groups is 2. The van der Waals surface area contributed by atoms with Crippen LogP contribution in [0, 0.1) is 0 Å². The summed E-state index contributed by atoms with van der Waals surface area (Å²) in [6, 6.07) is 0. The SMILES string of the molecule is CC/C=C/C=C/C=C/CCCCCCCC(=O)OC(COC(=O)CCCCCCCCCCC/C=C/C/C=C/C/C=C/CCCCC)CO[C@H]1O[C@H](CS(=O)(=O)O)[C@@H](O)C(O)C1O. The van der Waals surface area contributed by atoms with E-state index in [4.69, 9.17) is 18.9 Å². The molecule has 13 heteroatoms. The molecule has 6 atom stereocenters. The minimum absolute atomic E-state index is 0.136. The number of hydrogen-bond acceptors (Lipinski definition) is 11. The number of allylic oxidation sites excluding steroid dienone is 12. The molecule has 1 fully saturated rings. The van der Waals surface area contributed by atoms with E-state index >= 15 is 0 Å². The van der Waals surface area contributed by atoms with Crippen LogP contribution in [0.25, 0.3) is 0 Å². The molecular weight excluding hydrogens is 825 g/mol. The van der Waals surface area contributed by atoms with Crippen LogP contribution >= 0.6 is 0 Å². The van der Waals surface area contributed by atoms with E-state index in [0.717, 1.165) is 77.0 Å². The Hall–Kier alpha value is -2.91. The average Bonchev–Trinajstić information content (AvgIpc) is 3.25. The molecule has 0 aromatic heterocycles. The number of esters is 2. The van der Waals surface area contributed by atoms with Crippen molar-refractivity contribution in [1.82, 2.24) is 0 Å². The van der Waals surface area contributed by atoms with Gasteiger partial charge in [0, 0.05) is 12.8 Å². The summed E-state index contributed by atoms with van der Waals surface area (Å²) in [4.78, 5) is 25.4. The van der Waals surface area contributed by atoms with Crippen molar-refractivity contribution in [3.63, 3.8) is 0 Å². The lowest BCUT2D eigenvalue weighted by atomic mass is 10.00. The lowest BCUT2D eigenvalue weighted by Crippen LogP contribution is -2.60. The van der Waals surface area contributed by atoms with E-state index < -0.39 is 71.2 Å². The Morgan fingerprint density at radius 2 is 1.06 bits per heavy atom. The predicted molar refractivity (Wildman–Crippen MR) is 252 cm³/mol. The van der Waals surface area contributed by atoms with Crippen LogP contribution in [-0.4, -0.2) is 96.0 Å². The van der Waals surface area contributed by atoms with E-state index in [1.807, 2.05) is 24.3 Å². The molecule has 12 nitrogen and oxygen atoms in total. The molecule has 4 N–H and O–H groups in total. The maximum atomic E-state index is 12.8. The van der Waals surface area contributed by atoms with Crippen LogP contribution in [0.2, 0.25) is 0 Å². The van der Waals surface area contributed by atoms with Crippen LogP contribution in [0.1, 0.15) is 174 Å². The van der Waals surface area contributed by atoms with Gasteiger partial charge in [-0.25, -0.2) is 0 Å². The van der Waals surface area contributed by atoms with Crippen LogP contribution in [0.4, 0.5) is 0 Å². The molecule has 0 spiro atoms. The number of rotatable bonds is 39. The molecule has 0 amide bonds. The molecule has 362 valence electrons. The van der Waals surface area contributed by atoms with E-state index in [2.05, 4.69) is 62.5 Å². The first-order valence-electron chi connectivity index (χ1n) is 24.0. The summed E-state index contributed by atoms with van der Waals surface area (Å²) in [5.41, 5.74) is 0. The van der Waals surface area contributed by atoms with Crippen molar-refractivity contribution >= 4 is 22.1 Å². The van der Waals surface area contributed by atoms with Crippen LogP contribution < -0.4 is 0 Å². The molecule has 0 aromatic carbocycles. The van der Waals surface area contributed by atoms with Crippen LogP contribution in [0.15, 0.2) is 72.9 Å². The number of unbranched alkanes of at least 4 members (excludes halogenated alkanes) is 17. The first kappa shape index (κ1) is 58.1. The van der Waals surface area contributed by atoms with Gasteiger partial charge in [-0.3, -0.25) is 14.1 Å². The summed E-state index contributed by atoms with van der Waals surface area (Å²) < 4.78 is 54.1. The molecule has 0 aromatic rings. The third-order valence-electron chi connectivity index (χ3n) is 10.6. The first-order valence-corrected chi connectivity index (χ1v) is 25.6. The van der Waals surface area contributed by atoms with E-state index in [-0.39, 0.29) is 19.4 Å². The molecule has 0 saturated carbocycles. The number of carbonyl (C=O) groups excluding carboxylic acids is 2. The largest absolute Gasteiger partial charge is 0.462 e. The van der Waals surface area contributed by atoms with Gasteiger partial charge in [-0.2, -0.15) is 8.42 Å². The normalized spacial score (nSPS) is 20.4. The number of aliphatic hydroxyl groups is 3. The summed E-state index contributed by atoms with van der Waals surface area (Å²) >= 11 is 0. The highest BCUT2D eigenvalue weighted by atomic mass is 32.2. The Morgan fingerprint density at radius 1 is 0.571 bits per heavy atom. The zero-order valence-corrected chi connectivity index (χ0v) is 39.5. The van der Waals surface area contributed by atoms with Crippen molar-refractivity contribution < 1.29 is 56.8 Å². The summed E-state index contributed by atoms with van der Waals surface area (Å²) in [6.07, 6.45) is 40.9. The van der Waals surface area contributed by atoms with Gasteiger partial charge in [0.15, 0.2) is 12.4 Å². The molecule has 63 heavy (non-hydrogen) atoms. The molecule has 1 heterocycles. The van der Waals surface area contributed by atoms with Gasteiger partial charge in [0.1, 0.15) is 36.8 Å². The van der Waals surface area contributed by atoms with Crippen LogP contribution in [0.3, 0.4) is 0 Å². The van der Waals surface area contributed by atoms with Crippen molar-refractivity contribution in [2.75, 3.05) is 19.0 Å². The molecule has 0 radical (unpaired) electrons. The monoisotopic (exact) mass is 909 g/mol. The molecule has 0 aliphatic carbocycles. The summed E-state index contributed by atoms with van der Waals surface area (Å²) in [7, 11) is -4.61. The highest BCUT2D eigenvalue weighted by molar-refractivity contribution is 7.85. The van der Waals surface area contributed by atoms with Gasteiger partial charge in [0.25, 0.3) is 10.1 Å². The molecule has 1 saturated heterocycles. The maximum Gasteiger partial charge on any atom is 0.306 e. The van der Waals surface area contributed by atoms with Gasteiger partial charge in [-0.05, 0) is 70.6 Å². The van der Waals surface area contributed by atoms with Gasteiger partial charge < -0.3 is 34.3 Å². The van der Waals surface area contributed by atoms with Crippen LogP contribution in [-0.2, 0) is 38.7 Å². The van der Waals surface area contributed by atoms with E-state index in [1.165, 1.54) is 57.8 Å². The summed E-state index contributed by atoms with van der Waals surface area (Å²) in [6.45, 7) is 3.57. The van der Waals surface area contributed by atoms with E-state index in [1.54, 1.807) is 0 Å². The fraction of sp³-hybridized carbons (Fsp3) is 0.720. The quantitative estimate of drug-likeness (QED) is 0.0151. The number of aliphatic hydroxyl groups excluding tert-OH is 3. The molecule has 0 bridgehead atoms. The second-order valence-corrected chi connectivity index (χ2v) is 17.9. The van der Waals surface area contributed by atoms with E-state index in [0.29, 0.717) is 12.8 Å². The van der Waals surface area contributed by atoms with Crippen molar-refractivity contribution in [2.45, 2.75) is 211 Å². The Morgan fingerprint density at radius 3 is 1.62 bits per heavy atom. The first-order chi connectivity index (χ1) is 30.5. The zero-order valence-electron chi connectivity index (χ0n) is 38.7. The topological polar surface area (TPSA) is 186 Å². The third kappa shape index (κ3) is 34.2. The van der Waals surface area contributed by atoms with Crippen molar-refractivity contribution in [3.05, 3.63) is 72.9 Å². The highest BCUT2D eigenvalue weighted by Gasteiger charge is 2.46. The van der Waals surface area contributed by atoms with Crippen LogP contribution in [0.5, 0.6) is 0 Å². The number of ether oxygens (including phenoxy) is 4. The Kier molecular flexibility index (Phi) is 36.4. The smallest absolute Gasteiger partial charge is 0.306 e. The molecular formula is C50H84O12S. The number of hydrogen-bond donors (Lipinski definition) is 4. The lowest BCUT2D eigenvalue weighted by molar-refractivity contribution is -0.297. The second-order valence-electron chi connectivity index (χ2n) is 16.4. The predicted octanol–water partition coefficient (Wildman–Crippen LogP) is 10.3. The van der Waals surface area contributed by atoms with Gasteiger partial charge >= 0.3 is 11.9 Å². The fourth-order valence-corrected chi connectivity index (χ4v) is 7.55. The summed E-state index contributed by atoms with van der Waals surface area (Å²) in [5.74, 6) is -2.02. The van der Waals surface area contributed by atoms with Gasteiger partial charge in [0.2, 0.25) is 0 Å². The minimum atomic E-state index is -4.61. The fourth-order valence-electron chi connectivity index (χ4n) is 6.86.